The van der Waals surface area contributed by atoms with Crippen molar-refractivity contribution in [1.82, 2.24) is 0 Å². The lowest BCUT2D eigenvalue weighted by Gasteiger charge is -2.09. The third kappa shape index (κ3) is 3.56. The molecule has 2 rings (SSSR count). The van der Waals surface area contributed by atoms with Crippen molar-refractivity contribution in [1.29, 1.82) is 0 Å². The maximum atomic E-state index is 6.15. The fraction of sp³-hybridized carbons (Fsp3) is 0.286. The van der Waals surface area contributed by atoms with Gasteiger partial charge in [0.15, 0.2) is 0 Å². The van der Waals surface area contributed by atoms with Crippen LogP contribution in [0.1, 0.15) is 28.5 Å². The van der Waals surface area contributed by atoms with Crippen LogP contribution in [-0.2, 0) is 6.42 Å². The standard InChI is InChI=1S/C14H16ClNS/c1-10-3-2-4-11(9-10)5-6-12(16)13-7-8-14(15)17-13/h2-4,7-9,12H,5-6,16H2,1H3. The van der Waals surface area contributed by atoms with Crippen molar-refractivity contribution in [2.45, 2.75) is 25.8 Å². The molecule has 0 amide bonds. The summed E-state index contributed by atoms with van der Waals surface area (Å²) in [6.07, 6.45) is 1.97. The molecule has 0 spiro atoms. The first kappa shape index (κ1) is 12.6. The van der Waals surface area contributed by atoms with Gasteiger partial charge in [0, 0.05) is 10.9 Å². The fourth-order valence-corrected chi connectivity index (χ4v) is 2.96. The first-order valence-corrected chi connectivity index (χ1v) is 6.91. The largest absolute Gasteiger partial charge is 0.323 e. The van der Waals surface area contributed by atoms with Crippen molar-refractivity contribution in [2.75, 3.05) is 0 Å². The Morgan fingerprint density at radius 1 is 1.29 bits per heavy atom. The van der Waals surface area contributed by atoms with Gasteiger partial charge in [-0.05, 0) is 37.5 Å². The fourth-order valence-electron chi connectivity index (χ4n) is 1.86. The maximum Gasteiger partial charge on any atom is 0.0931 e. The Bertz CT molecular complexity index is 492. The van der Waals surface area contributed by atoms with E-state index in [1.54, 1.807) is 11.3 Å². The molecule has 0 saturated carbocycles. The number of thiophene rings is 1. The van der Waals surface area contributed by atoms with Gasteiger partial charge in [-0.3, -0.25) is 0 Å². The van der Waals surface area contributed by atoms with Gasteiger partial charge >= 0.3 is 0 Å². The number of rotatable bonds is 4. The molecular formula is C14H16ClNS. The Balaban J connectivity index is 1.94. The highest BCUT2D eigenvalue weighted by Gasteiger charge is 2.08. The van der Waals surface area contributed by atoms with E-state index in [2.05, 4.69) is 31.2 Å². The predicted octanol–water partition coefficient (Wildman–Crippen LogP) is 4.34. The molecule has 3 heteroatoms. The predicted molar refractivity (Wildman–Crippen MR) is 75.8 cm³/mol. The van der Waals surface area contributed by atoms with Crippen LogP contribution in [0.15, 0.2) is 36.4 Å². The topological polar surface area (TPSA) is 26.0 Å². The van der Waals surface area contributed by atoms with Crippen LogP contribution in [0.2, 0.25) is 4.34 Å². The second kappa shape index (κ2) is 5.67. The summed E-state index contributed by atoms with van der Waals surface area (Å²) in [7, 11) is 0. The normalized spacial score (nSPS) is 12.6. The Labute approximate surface area is 111 Å². The Kier molecular flexibility index (Phi) is 4.21. The van der Waals surface area contributed by atoms with Crippen LogP contribution < -0.4 is 5.73 Å². The first-order valence-electron chi connectivity index (χ1n) is 5.71. The zero-order chi connectivity index (χ0) is 12.3. The summed E-state index contributed by atoms with van der Waals surface area (Å²) >= 11 is 7.48. The van der Waals surface area contributed by atoms with Crippen LogP contribution in [0, 0.1) is 6.92 Å². The molecule has 2 aromatic rings. The third-order valence-electron chi connectivity index (χ3n) is 2.79. The van der Waals surface area contributed by atoms with Gasteiger partial charge in [-0.25, -0.2) is 0 Å². The van der Waals surface area contributed by atoms with Gasteiger partial charge < -0.3 is 5.73 Å². The molecule has 1 unspecified atom stereocenters. The average Bonchev–Trinajstić information content (AvgIpc) is 2.73. The van der Waals surface area contributed by atoms with Crippen LogP contribution >= 0.6 is 22.9 Å². The lowest BCUT2D eigenvalue weighted by molar-refractivity contribution is 0.662. The third-order valence-corrected chi connectivity index (χ3v) is 4.15. The van der Waals surface area contributed by atoms with E-state index in [0.29, 0.717) is 0 Å². The molecule has 0 aliphatic carbocycles. The van der Waals surface area contributed by atoms with Crippen LogP contribution in [0.3, 0.4) is 0 Å². The summed E-state index contributed by atoms with van der Waals surface area (Å²) in [5.74, 6) is 0. The molecule has 0 aliphatic heterocycles. The molecule has 1 atom stereocenters. The Morgan fingerprint density at radius 2 is 2.12 bits per heavy atom. The number of hydrogen-bond donors (Lipinski definition) is 1. The van der Waals surface area contributed by atoms with Gasteiger partial charge in [0.2, 0.25) is 0 Å². The molecule has 0 fully saturated rings. The average molecular weight is 266 g/mol. The van der Waals surface area contributed by atoms with Crippen molar-refractivity contribution in [3.63, 3.8) is 0 Å². The quantitative estimate of drug-likeness (QED) is 0.874. The van der Waals surface area contributed by atoms with E-state index >= 15 is 0 Å². The molecule has 1 aromatic heterocycles. The second-order valence-electron chi connectivity index (χ2n) is 4.28. The summed E-state index contributed by atoms with van der Waals surface area (Å²) in [5.41, 5.74) is 8.80. The highest BCUT2D eigenvalue weighted by molar-refractivity contribution is 7.16. The molecule has 17 heavy (non-hydrogen) atoms. The highest BCUT2D eigenvalue weighted by Crippen LogP contribution is 2.28. The first-order chi connectivity index (χ1) is 8.15. The van der Waals surface area contributed by atoms with Crippen LogP contribution in [0.5, 0.6) is 0 Å². The van der Waals surface area contributed by atoms with Crippen molar-refractivity contribution in [2.24, 2.45) is 5.73 Å². The van der Waals surface area contributed by atoms with Gasteiger partial charge in [-0.2, -0.15) is 0 Å². The minimum Gasteiger partial charge on any atom is -0.323 e. The van der Waals surface area contributed by atoms with Gasteiger partial charge in [0.25, 0.3) is 0 Å². The zero-order valence-corrected chi connectivity index (χ0v) is 11.4. The second-order valence-corrected chi connectivity index (χ2v) is 6.02. The highest BCUT2D eigenvalue weighted by atomic mass is 35.5. The zero-order valence-electron chi connectivity index (χ0n) is 9.82. The molecule has 0 saturated heterocycles. The molecule has 1 aromatic carbocycles. The monoisotopic (exact) mass is 265 g/mol. The smallest absolute Gasteiger partial charge is 0.0931 e. The number of benzene rings is 1. The molecule has 0 aliphatic rings. The minimum atomic E-state index is 0.0908. The van der Waals surface area contributed by atoms with Crippen molar-refractivity contribution in [3.8, 4) is 0 Å². The molecule has 90 valence electrons. The molecule has 2 N–H and O–H groups in total. The van der Waals surface area contributed by atoms with E-state index in [1.165, 1.54) is 16.0 Å². The summed E-state index contributed by atoms with van der Waals surface area (Å²) in [5, 5.41) is 0. The summed E-state index contributed by atoms with van der Waals surface area (Å²) in [4.78, 5) is 1.17. The van der Waals surface area contributed by atoms with Crippen molar-refractivity contribution < 1.29 is 0 Å². The molecular weight excluding hydrogens is 250 g/mol. The lowest BCUT2D eigenvalue weighted by Crippen LogP contribution is -2.09. The van der Waals surface area contributed by atoms with Crippen LogP contribution in [0.4, 0.5) is 0 Å². The molecule has 0 radical (unpaired) electrons. The number of aryl methyl sites for hydroxylation is 2. The SMILES string of the molecule is Cc1cccc(CCC(N)c2ccc(Cl)s2)c1. The summed E-state index contributed by atoms with van der Waals surface area (Å²) in [6, 6.07) is 12.6. The summed E-state index contributed by atoms with van der Waals surface area (Å²) < 4.78 is 0.811. The molecule has 0 bridgehead atoms. The van der Waals surface area contributed by atoms with E-state index in [4.69, 9.17) is 17.3 Å². The Morgan fingerprint density at radius 3 is 2.76 bits per heavy atom. The molecule has 1 nitrogen and oxygen atoms in total. The van der Waals surface area contributed by atoms with Gasteiger partial charge in [-0.1, -0.05) is 41.4 Å². The van der Waals surface area contributed by atoms with E-state index < -0.39 is 0 Å². The van der Waals surface area contributed by atoms with Crippen LogP contribution in [0.25, 0.3) is 0 Å². The molecule has 1 heterocycles. The summed E-state index contributed by atoms with van der Waals surface area (Å²) in [6.45, 7) is 2.11. The van der Waals surface area contributed by atoms with E-state index in [0.717, 1.165) is 17.2 Å². The van der Waals surface area contributed by atoms with E-state index in [9.17, 15) is 0 Å². The number of hydrogen-bond acceptors (Lipinski definition) is 2. The van der Waals surface area contributed by atoms with Crippen LogP contribution in [-0.4, -0.2) is 0 Å². The van der Waals surface area contributed by atoms with Gasteiger partial charge in [0.05, 0.1) is 4.34 Å². The minimum absolute atomic E-state index is 0.0908. The maximum absolute atomic E-state index is 6.15. The number of halogens is 1. The van der Waals surface area contributed by atoms with E-state index in [-0.39, 0.29) is 6.04 Å². The Hall–Kier alpha value is -0.830. The van der Waals surface area contributed by atoms with Gasteiger partial charge in [0.1, 0.15) is 0 Å². The van der Waals surface area contributed by atoms with Gasteiger partial charge in [-0.15, -0.1) is 11.3 Å². The number of nitrogens with two attached hydrogens (primary N) is 1. The van der Waals surface area contributed by atoms with Crippen molar-refractivity contribution in [3.05, 3.63) is 56.7 Å². The lowest BCUT2D eigenvalue weighted by atomic mass is 10.0. The van der Waals surface area contributed by atoms with Crippen molar-refractivity contribution >= 4 is 22.9 Å². The van der Waals surface area contributed by atoms with E-state index in [1.807, 2.05) is 12.1 Å².